The van der Waals surface area contributed by atoms with Gasteiger partial charge < -0.3 is 9.84 Å². The van der Waals surface area contributed by atoms with E-state index in [2.05, 4.69) is 30.6 Å². The summed E-state index contributed by atoms with van der Waals surface area (Å²) in [5, 5.41) is 13.3. The molecule has 0 aromatic carbocycles. The van der Waals surface area contributed by atoms with Crippen LogP contribution in [0.4, 0.5) is 0 Å². The van der Waals surface area contributed by atoms with E-state index in [1.54, 1.807) is 0 Å². The maximum absolute atomic E-state index is 5.03. The van der Waals surface area contributed by atoms with Gasteiger partial charge in [0, 0.05) is 6.04 Å². The van der Waals surface area contributed by atoms with E-state index >= 15 is 0 Å². The van der Waals surface area contributed by atoms with E-state index in [0.29, 0.717) is 30.1 Å². The lowest BCUT2D eigenvalue weighted by Gasteiger charge is -2.02. The molecule has 2 N–H and O–H groups in total. The van der Waals surface area contributed by atoms with E-state index in [1.807, 2.05) is 13.8 Å². The van der Waals surface area contributed by atoms with E-state index in [4.69, 9.17) is 4.52 Å². The minimum Gasteiger partial charge on any atom is -0.337 e. The van der Waals surface area contributed by atoms with Gasteiger partial charge in [0.15, 0.2) is 5.82 Å². The first-order valence-corrected chi connectivity index (χ1v) is 4.67. The first-order valence-electron chi connectivity index (χ1n) is 4.67. The Bertz CT molecular complexity index is 406. The Morgan fingerprint density at radius 2 is 2.40 bits per heavy atom. The van der Waals surface area contributed by atoms with Crippen molar-refractivity contribution in [3.63, 3.8) is 0 Å². The maximum Gasteiger partial charge on any atom is 0.241 e. The van der Waals surface area contributed by atoms with Crippen molar-refractivity contribution in [1.29, 1.82) is 0 Å². The summed E-state index contributed by atoms with van der Waals surface area (Å²) in [6.45, 7) is 4.65. The highest BCUT2D eigenvalue weighted by atomic mass is 16.5. The Morgan fingerprint density at radius 3 is 3.07 bits per heavy atom. The van der Waals surface area contributed by atoms with Crippen molar-refractivity contribution in [3.05, 3.63) is 12.2 Å². The number of hydrogen-bond acceptors (Lipinski definition) is 6. The van der Waals surface area contributed by atoms with Crippen molar-refractivity contribution in [2.75, 3.05) is 0 Å². The van der Waals surface area contributed by atoms with Gasteiger partial charge in [-0.1, -0.05) is 19.0 Å². The fraction of sp³-hybridized carbons (Fsp3) is 0.500. The molecule has 2 heterocycles. The maximum atomic E-state index is 5.03. The Morgan fingerprint density at radius 1 is 1.53 bits per heavy atom. The quantitative estimate of drug-likeness (QED) is 0.753. The van der Waals surface area contributed by atoms with Gasteiger partial charge in [-0.3, -0.25) is 5.10 Å². The van der Waals surface area contributed by atoms with Crippen molar-refractivity contribution in [1.82, 2.24) is 30.6 Å². The van der Waals surface area contributed by atoms with Gasteiger partial charge in [0.1, 0.15) is 6.33 Å². The van der Waals surface area contributed by atoms with E-state index in [1.165, 1.54) is 6.33 Å². The van der Waals surface area contributed by atoms with Crippen LogP contribution in [0.2, 0.25) is 0 Å². The third-order valence-corrected chi connectivity index (χ3v) is 1.76. The van der Waals surface area contributed by atoms with Gasteiger partial charge in [0.25, 0.3) is 0 Å². The zero-order valence-corrected chi connectivity index (χ0v) is 8.56. The highest BCUT2D eigenvalue weighted by molar-refractivity contribution is 5.39. The molecule has 0 atom stereocenters. The fourth-order valence-electron chi connectivity index (χ4n) is 1.03. The highest BCUT2D eigenvalue weighted by Gasteiger charge is 2.10. The Hall–Kier alpha value is -1.76. The molecule has 0 bridgehead atoms. The Labute approximate surface area is 86.3 Å². The average Bonchev–Trinajstić information content (AvgIpc) is 2.85. The Balaban J connectivity index is 2.04. The molecule has 0 fully saturated rings. The van der Waals surface area contributed by atoms with Crippen LogP contribution in [0.15, 0.2) is 10.9 Å². The molecule has 0 radical (unpaired) electrons. The zero-order chi connectivity index (χ0) is 10.7. The number of aromatic nitrogens is 5. The molecule has 80 valence electrons. The zero-order valence-electron chi connectivity index (χ0n) is 8.56. The first kappa shape index (κ1) is 9.78. The van der Waals surface area contributed by atoms with Crippen molar-refractivity contribution >= 4 is 0 Å². The molecule has 0 saturated heterocycles. The summed E-state index contributed by atoms with van der Waals surface area (Å²) in [5.74, 6) is 1.47. The number of nitrogens with zero attached hydrogens (tertiary/aromatic N) is 4. The van der Waals surface area contributed by atoms with E-state index < -0.39 is 0 Å². The standard InChI is InChI=1S/C8H12N6O/c1-5(2)9-3-6-12-8(14-15-6)7-10-4-11-13-7/h4-5,9H,3H2,1-2H3,(H,10,11,13). The average molecular weight is 208 g/mol. The lowest BCUT2D eigenvalue weighted by atomic mass is 10.4. The molecule has 0 aliphatic heterocycles. The van der Waals surface area contributed by atoms with Gasteiger partial charge in [-0.15, -0.1) is 0 Å². The van der Waals surface area contributed by atoms with E-state index in [9.17, 15) is 0 Å². The molecule has 2 rings (SSSR count). The van der Waals surface area contributed by atoms with Crippen LogP contribution in [0.1, 0.15) is 19.7 Å². The lowest BCUT2D eigenvalue weighted by molar-refractivity contribution is 0.362. The second-order valence-corrected chi connectivity index (χ2v) is 3.38. The molecule has 2 aromatic rings. The summed E-state index contributed by atoms with van der Waals surface area (Å²) >= 11 is 0. The second kappa shape index (κ2) is 4.18. The predicted molar refractivity (Wildman–Crippen MR) is 51.7 cm³/mol. The minimum atomic E-state index is 0.380. The van der Waals surface area contributed by atoms with Crippen molar-refractivity contribution < 1.29 is 4.52 Å². The van der Waals surface area contributed by atoms with Crippen LogP contribution in [0, 0.1) is 0 Å². The van der Waals surface area contributed by atoms with Crippen LogP contribution in [-0.2, 0) is 6.54 Å². The summed E-state index contributed by atoms with van der Waals surface area (Å²) in [6, 6.07) is 0.380. The predicted octanol–water partition coefficient (Wildman–Crippen LogP) is 0.353. The van der Waals surface area contributed by atoms with Crippen molar-refractivity contribution in [2.45, 2.75) is 26.4 Å². The van der Waals surface area contributed by atoms with Crippen molar-refractivity contribution in [3.8, 4) is 11.6 Å². The second-order valence-electron chi connectivity index (χ2n) is 3.38. The molecule has 0 aliphatic rings. The number of aromatic amines is 1. The van der Waals surface area contributed by atoms with Gasteiger partial charge in [-0.25, -0.2) is 4.98 Å². The summed E-state index contributed by atoms with van der Waals surface area (Å²) in [5.41, 5.74) is 0. The molecule has 2 aromatic heterocycles. The Kier molecular flexibility index (Phi) is 2.72. The van der Waals surface area contributed by atoms with Gasteiger partial charge in [-0.05, 0) is 0 Å². The summed E-state index contributed by atoms with van der Waals surface area (Å²) < 4.78 is 5.03. The summed E-state index contributed by atoms with van der Waals surface area (Å²) in [7, 11) is 0. The lowest BCUT2D eigenvalue weighted by Crippen LogP contribution is -2.21. The van der Waals surface area contributed by atoms with Crippen molar-refractivity contribution in [2.24, 2.45) is 0 Å². The topological polar surface area (TPSA) is 92.5 Å². The van der Waals surface area contributed by atoms with Crippen LogP contribution in [0.5, 0.6) is 0 Å². The smallest absolute Gasteiger partial charge is 0.241 e. The molecule has 7 heteroatoms. The van der Waals surface area contributed by atoms with Gasteiger partial charge in [-0.2, -0.15) is 10.1 Å². The van der Waals surface area contributed by atoms with E-state index in [0.717, 1.165) is 0 Å². The number of H-pyrrole nitrogens is 1. The first-order chi connectivity index (χ1) is 7.25. The molecular weight excluding hydrogens is 196 g/mol. The van der Waals surface area contributed by atoms with E-state index in [-0.39, 0.29) is 0 Å². The fourth-order valence-corrected chi connectivity index (χ4v) is 1.03. The third-order valence-electron chi connectivity index (χ3n) is 1.76. The summed E-state index contributed by atoms with van der Waals surface area (Å²) in [4.78, 5) is 8.07. The normalized spacial score (nSPS) is 11.1. The number of rotatable bonds is 4. The molecule has 15 heavy (non-hydrogen) atoms. The largest absolute Gasteiger partial charge is 0.337 e. The highest BCUT2D eigenvalue weighted by Crippen LogP contribution is 2.08. The van der Waals surface area contributed by atoms with Gasteiger partial charge in [0.2, 0.25) is 11.7 Å². The number of hydrogen-bond donors (Lipinski definition) is 2. The molecule has 0 aliphatic carbocycles. The molecule has 0 spiro atoms. The van der Waals surface area contributed by atoms with Crippen LogP contribution in [-0.4, -0.2) is 31.4 Å². The molecule has 7 nitrogen and oxygen atoms in total. The summed E-state index contributed by atoms with van der Waals surface area (Å²) in [6.07, 6.45) is 1.40. The monoisotopic (exact) mass is 208 g/mol. The molecule has 0 saturated carbocycles. The van der Waals surface area contributed by atoms with Gasteiger partial charge >= 0.3 is 0 Å². The van der Waals surface area contributed by atoms with Gasteiger partial charge in [0.05, 0.1) is 6.54 Å². The SMILES string of the molecule is CC(C)NCc1nc(-c2ncn[nH]2)no1. The molecular formula is C8H12N6O. The van der Waals surface area contributed by atoms with Crippen LogP contribution in [0.3, 0.4) is 0 Å². The molecule has 0 unspecified atom stereocenters. The number of nitrogens with one attached hydrogen (secondary N) is 2. The van der Waals surface area contributed by atoms with Crippen LogP contribution < -0.4 is 5.32 Å². The minimum absolute atomic E-state index is 0.380. The van der Waals surface area contributed by atoms with Crippen LogP contribution >= 0.6 is 0 Å². The van der Waals surface area contributed by atoms with Crippen LogP contribution in [0.25, 0.3) is 11.6 Å². The third kappa shape index (κ3) is 2.38. The molecule has 0 amide bonds.